The maximum absolute atomic E-state index is 14.4. The van der Waals surface area contributed by atoms with Gasteiger partial charge in [0.1, 0.15) is 17.2 Å². The molecule has 4 rings (SSSR count). The summed E-state index contributed by atoms with van der Waals surface area (Å²) in [5.41, 5.74) is 11.0. The molecule has 0 aliphatic rings. The number of fused-ring (bicyclic) bond motifs is 1. The van der Waals surface area contributed by atoms with Gasteiger partial charge < -0.3 is 16.2 Å². The number of carbonyl (C=O) groups excluding carboxylic acids is 3. The number of aromatic nitrogens is 5. The standard InChI is InChI=1S/C21H21FN12O4/c1-38-21(37)28-14-17(33(25)19(23)35)29-15(30-18(14)34(26)20(24)36)13-11-6-4-8-27-16(11)32(31-13)9-10-5-2-3-7-12(10)22/h2-8H,9,25-26H2,1H3,(H2,23,35)(H2,24,36)(H,28,37). The third kappa shape index (κ3) is 4.81. The summed E-state index contributed by atoms with van der Waals surface area (Å²) >= 11 is 0. The summed E-state index contributed by atoms with van der Waals surface area (Å²) in [5.74, 6) is 10.00. The fourth-order valence-electron chi connectivity index (χ4n) is 3.44. The van der Waals surface area contributed by atoms with Gasteiger partial charge in [0.15, 0.2) is 23.1 Å². The highest BCUT2D eigenvalue weighted by Gasteiger charge is 2.29. The first-order valence-electron chi connectivity index (χ1n) is 10.6. The van der Waals surface area contributed by atoms with Gasteiger partial charge in [0.2, 0.25) is 0 Å². The molecule has 5 amide bonds. The molecule has 0 fully saturated rings. The van der Waals surface area contributed by atoms with Gasteiger partial charge in [-0.15, -0.1) is 0 Å². The zero-order valence-electron chi connectivity index (χ0n) is 19.7. The second-order valence-electron chi connectivity index (χ2n) is 7.57. The zero-order chi connectivity index (χ0) is 27.6. The largest absolute Gasteiger partial charge is 0.453 e. The minimum Gasteiger partial charge on any atom is -0.453 e. The van der Waals surface area contributed by atoms with Gasteiger partial charge in [-0.05, 0) is 18.2 Å². The van der Waals surface area contributed by atoms with Gasteiger partial charge in [0, 0.05) is 11.8 Å². The molecular weight excluding hydrogens is 503 g/mol. The molecule has 16 nitrogen and oxygen atoms in total. The van der Waals surface area contributed by atoms with Crippen LogP contribution in [0.1, 0.15) is 5.56 Å². The number of ether oxygens (including phenoxy) is 1. The van der Waals surface area contributed by atoms with E-state index in [4.69, 9.17) is 23.2 Å². The average molecular weight is 524 g/mol. The third-order valence-corrected chi connectivity index (χ3v) is 5.21. The number of benzene rings is 1. The molecule has 0 spiro atoms. The summed E-state index contributed by atoms with van der Waals surface area (Å²) in [6.07, 6.45) is 0.472. The first kappa shape index (κ1) is 25.7. The van der Waals surface area contributed by atoms with Crippen LogP contribution in [0.15, 0.2) is 42.6 Å². The Kier molecular flexibility index (Phi) is 6.95. The minimum absolute atomic E-state index is 0.00349. The van der Waals surface area contributed by atoms with Crippen LogP contribution in [-0.4, -0.2) is 50.0 Å². The van der Waals surface area contributed by atoms with Crippen LogP contribution in [0.3, 0.4) is 0 Å². The molecule has 0 aliphatic heterocycles. The van der Waals surface area contributed by atoms with Crippen LogP contribution in [0.2, 0.25) is 0 Å². The molecule has 0 bridgehead atoms. The lowest BCUT2D eigenvalue weighted by atomic mass is 10.2. The lowest BCUT2D eigenvalue weighted by Gasteiger charge is -2.22. The molecule has 0 unspecified atom stereocenters. The molecule has 38 heavy (non-hydrogen) atoms. The highest BCUT2D eigenvalue weighted by atomic mass is 19.1. The van der Waals surface area contributed by atoms with E-state index in [0.717, 1.165) is 7.11 Å². The highest BCUT2D eigenvalue weighted by Crippen LogP contribution is 2.35. The molecule has 0 aliphatic carbocycles. The van der Waals surface area contributed by atoms with Gasteiger partial charge in [-0.25, -0.2) is 60.1 Å². The number of anilines is 3. The smallest absolute Gasteiger partial charge is 0.411 e. The van der Waals surface area contributed by atoms with Crippen molar-refractivity contribution in [3.63, 3.8) is 0 Å². The van der Waals surface area contributed by atoms with E-state index < -0.39 is 41.3 Å². The first-order chi connectivity index (χ1) is 18.1. The summed E-state index contributed by atoms with van der Waals surface area (Å²) in [6, 6.07) is 7.01. The maximum Gasteiger partial charge on any atom is 0.411 e. The third-order valence-electron chi connectivity index (χ3n) is 5.21. The molecule has 1 aromatic carbocycles. The summed E-state index contributed by atoms with van der Waals surface area (Å²) in [5, 5.41) is 7.91. The summed E-state index contributed by atoms with van der Waals surface area (Å²) in [4.78, 5) is 48.7. The Hall–Kier alpha value is -5.42. The Morgan fingerprint density at radius 2 is 1.66 bits per heavy atom. The van der Waals surface area contributed by atoms with Gasteiger partial charge in [0.25, 0.3) is 0 Å². The lowest BCUT2D eigenvalue weighted by Crippen LogP contribution is -2.45. The van der Waals surface area contributed by atoms with Crippen molar-refractivity contribution < 1.29 is 23.5 Å². The second-order valence-corrected chi connectivity index (χ2v) is 7.57. The molecule has 0 saturated carbocycles. The molecule has 3 aromatic heterocycles. The van der Waals surface area contributed by atoms with Crippen molar-refractivity contribution in [1.29, 1.82) is 0 Å². The Labute approximate surface area is 212 Å². The summed E-state index contributed by atoms with van der Waals surface area (Å²) in [7, 11) is 1.06. The van der Waals surface area contributed by atoms with Crippen LogP contribution < -0.4 is 38.5 Å². The number of hydrogen-bond donors (Lipinski definition) is 5. The SMILES string of the molecule is COC(=O)Nc1c(N(N)C(N)=O)nc(-c2nn(Cc3ccccc3F)c3ncccc23)nc1N(N)C(N)=O. The lowest BCUT2D eigenvalue weighted by molar-refractivity contribution is 0.187. The number of hydrazine groups is 2. The van der Waals surface area contributed by atoms with Crippen molar-refractivity contribution in [2.24, 2.45) is 23.2 Å². The van der Waals surface area contributed by atoms with Gasteiger partial charge in [-0.1, -0.05) is 18.2 Å². The van der Waals surface area contributed by atoms with Crippen LogP contribution >= 0.6 is 0 Å². The average Bonchev–Trinajstić information content (AvgIpc) is 3.27. The number of pyridine rings is 1. The van der Waals surface area contributed by atoms with E-state index in [0.29, 0.717) is 26.6 Å². The van der Waals surface area contributed by atoms with Gasteiger partial charge in [-0.3, -0.25) is 5.32 Å². The number of hydrogen-bond acceptors (Lipinski definition) is 10. The number of nitrogens with two attached hydrogens (primary N) is 4. The van der Waals surface area contributed by atoms with E-state index in [1.165, 1.54) is 16.9 Å². The van der Waals surface area contributed by atoms with Crippen molar-refractivity contribution >= 4 is 46.5 Å². The summed E-state index contributed by atoms with van der Waals surface area (Å²) < 4.78 is 20.3. The van der Waals surface area contributed by atoms with Crippen molar-refractivity contribution in [3.05, 3.63) is 54.0 Å². The molecule has 3 heterocycles. The molecule has 17 heteroatoms. The van der Waals surface area contributed by atoms with Crippen molar-refractivity contribution in [2.75, 3.05) is 22.4 Å². The molecule has 9 N–H and O–H groups in total. The molecule has 0 atom stereocenters. The zero-order valence-corrected chi connectivity index (χ0v) is 19.7. The predicted octanol–water partition coefficient (Wildman–Crippen LogP) is 0.772. The van der Waals surface area contributed by atoms with Crippen molar-refractivity contribution in [3.8, 4) is 11.5 Å². The van der Waals surface area contributed by atoms with E-state index in [-0.39, 0.29) is 18.1 Å². The maximum atomic E-state index is 14.4. The number of halogens is 1. The molecule has 0 radical (unpaired) electrons. The fourth-order valence-corrected chi connectivity index (χ4v) is 3.44. The van der Waals surface area contributed by atoms with E-state index in [9.17, 15) is 18.8 Å². The van der Waals surface area contributed by atoms with Crippen LogP contribution in [0.25, 0.3) is 22.6 Å². The topological polar surface area (TPSA) is 240 Å². The number of urea groups is 2. The number of primary amides is 2. The Morgan fingerprint density at radius 3 is 2.24 bits per heavy atom. The van der Waals surface area contributed by atoms with E-state index in [2.05, 4.69) is 30.1 Å². The Balaban J connectivity index is 1.98. The first-order valence-corrected chi connectivity index (χ1v) is 10.6. The normalized spacial score (nSPS) is 10.7. The predicted molar refractivity (Wildman–Crippen MR) is 133 cm³/mol. The number of nitrogens with one attached hydrogen (secondary N) is 1. The monoisotopic (exact) mass is 524 g/mol. The van der Waals surface area contributed by atoms with Gasteiger partial charge in [-0.2, -0.15) is 5.10 Å². The van der Waals surface area contributed by atoms with E-state index in [1.807, 2.05) is 0 Å². The van der Waals surface area contributed by atoms with Crippen LogP contribution in [0.5, 0.6) is 0 Å². The number of amides is 5. The highest BCUT2D eigenvalue weighted by molar-refractivity contribution is 6.03. The number of rotatable bonds is 6. The van der Waals surface area contributed by atoms with Crippen LogP contribution in [0.4, 0.5) is 36.1 Å². The Morgan fingerprint density at radius 1 is 1.03 bits per heavy atom. The van der Waals surface area contributed by atoms with Crippen molar-refractivity contribution in [2.45, 2.75) is 6.54 Å². The van der Waals surface area contributed by atoms with Crippen molar-refractivity contribution in [1.82, 2.24) is 24.7 Å². The number of methoxy groups -OCH3 is 1. The Bertz CT molecular complexity index is 1520. The second kappa shape index (κ2) is 10.3. The van der Waals surface area contributed by atoms with E-state index >= 15 is 0 Å². The molecule has 196 valence electrons. The van der Waals surface area contributed by atoms with E-state index in [1.54, 1.807) is 30.3 Å². The summed E-state index contributed by atoms with van der Waals surface area (Å²) in [6.45, 7) is -0.00349. The quantitative estimate of drug-likeness (QED) is 0.135. The minimum atomic E-state index is -1.19. The molecule has 4 aromatic rings. The number of carbonyl (C=O) groups is 3. The van der Waals surface area contributed by atoms with Crippen LogP contribution in [0, 0.1) is 5.82 Å². The van der Waals surface area contributed by atoms with Crippen LogP contribution in [-0.2, 0) is 11.3 Å². The molecule has 0 saturated heterocycles. The molecular formula is C21H21FN12O4. The fraction of sp³-hybridized carbons (Fsp3) is 0.0952. The number of nitrogens with zero attached hydrogens (tertiary/aromatic N) is 7. The van der Waals surface area contributed by atoms with Gasteiger partial charge in [0.05, 0.1) is 19.0 Å². The van der Waals surface area contributed by atoms with Gasteiger partial charge >= 0.3 is 18.2 Å².